The van der Waals surface area contributed by atoms with Gasteiger partial charge in [-0.3, -0.25) is 4.79 Å². The zero-order valence-corrected chi connectivity index (χ0v) is 9.15. The highest BCUT2D eigenvalue weighted by atomic mass is 79.9. The van der Waals surface area contributed by atoms with Crippen molar-refractivity contribution in [3.05, 3.63) is 22.4 Å². The molecule has 0 bridgehead atoms. The van der Waals surface area contributed by atoms with E-state index in [1.54, 1.807) is 0 Å². The number of aromatic nitrogens is 1. The molecule has 0 radical (unpaired) electrons. The van der Waals surface area contributed by atoms with Crippen LogP contribution in [0.15, 0.2) is 16.9 Å². The summed E-state index contributed by atoms with van der Waals surface area (Å²) in [7, 11) is 0. The van der Waals surface area contributed by atoms with Crippen LogP contribution in [-0.4, -0.2) is 16.6 Å². The number of halogens is 5. The molecule has 0 aromatic carbocycles. The first-order valence-corrected chi connectivity index (χ1v) is 4.58. The molecular weight excluding hydrogens is 302 g/mol. The summed E-state index contributed by atoms with van der Waals surface area (Å²) in [6.07, 6.45) is -4.14. The van der Waals surface area contributed by atoms with Gasteiger partial charge < -0.3 is 4.74 Å². The zero-order chi connectivity index (χ0) is 11.6. The van der Waals surface area contributed by atoms with Gasteiger partial charge in [0.05, 0.1) is 11.8 Å². The molecule has 0 atom stereocenters. The van der Waals surface area contributed by atoms with Crippen LogP contribution in [0, 0.1) is 0 Å². The van der Waals surface area contributed by atoms with E-state index in [2.05, 4.69) is 25.7 Å². The van der Waals surface area contributed by atoms with Crippen LogP contribution >= 0.6 is 27.5 Å². The first kappa shape index (κ1) is 12.3. The van der Waals surface area contributed by atoms with Gasteiger partial charge in [-0.25, -0.2) is 4.98 Å². The number of hydrogen-bond donors (Lipinski definition) is 0. The van der Waals surface area contributed by atoms with Crippen LogP contribution in [0.3, 0.4) is 0 Å². The Morgan fingerprint density at radius 3 is 2.60 bits per heavy atom. The van der Waals surface area contributed by atoms with E-state index >= 15 is 0 Å². The van der Waals surface area contributed by atoms with Crippen molar-refractivity contribution in [2.75, 3.05) is 0 Å². The SMILES string of the molecule is O=C(Cl)c1cc(Br)ncc1OC(F)(F)F. The van der Waals surface area contributed by atoms with Crippen molar-refractivity contribution in [1.82, 2.24) is 4.98 Å². The van der Waals surface area contributed by atoms with E-state index in [9.17, 15) is 18.0 Å². The second kappa shape index (κ2) is 4.36. The molecule has 1 rings (SSSR count). The van der Waals surface area contributed by atoms with Gasteiger partial charge >= 0.3 is 6.36 Å². The molecule has 0 aliphatic heterocycles. The Bertz CT molecular complexity index is 396. The highest BCUT2D eigenvalue weighted by molar-refractivity contribution is 9.10. The van der Waals surface area contributed by atoms with E-state index in [-0.39, 0.29) is 4.60 Å². The monoisotopic (exact) mass is 303 g/mol. The van der Waals surface area contributed by atoms with E-state index < -0.39 is 22.9 Å². The molecule has 1 aromatic heterocycles. The Labute approximate surface area is 95.3 Å². The first-order chi connectivity index (χ1) is 6.79. The standard InChI is InChI=1S/C7H2BrClF3NO2/c8-5-1-3(6(9)14)4(2-13-5)15-7(10,11)12/h1-2H. The van der Waals surface area contributed by atoms with Crippen LogP contribution < -0.4 is 4.74 Å². The molecule has 1 heterocycles. The van der Waals surface area contributed by atoms with Crippen molar-refractivity contribution in [1.29, 1.82) is 0 Å². The molecule has 0 amide bonds. The van der Waals surface area contributed by atoms with Crippen molar-refractivity contribution >= 4 is 32.8 Å². The lowest BCUT2D eigenvalue weighted by Crippen LogP contribution is -2.18. The second-order valence-corrected chi connectivity index (χ2v) is 3.48. The summed E-state index contributed by atoms with van der Waals surface area (Å²) >= 11 is 7.96. The molecule has 0 spiro atoms. The lowest BCUT2D eigenvalue weighted by molar-refractivity contribution is -0.274. The van der Waals surface area contributed by atoms with Crippen LogP contribution in [0.25, 0.3) is 0 Å². The van der Waals surface area contributed by atoms with Crippen molar-refractivity contribution in [2.45, 2.75) is 6.36 Å². The summed E-state index contributed by atoms with van der Waals surface area (Å²) in [6.45, 7) is 0. The van der Waals surface area contributed by atoms with Crippen LogP contribution in [-0.2, 0) is 0 Å². The molecule has 1 aromatic rings. The van der Waals surface area contributed by atoms with E-state index in [1.807, 2.05) is 0 Å². The molecule has 82 valence electrons. The van der Waals surface area contributed by atoms with Crippen LogP contribution in [0.4, 0.5) is 13.2 Å². The third kappa shape index (κ3) is 3.67. The molecule has 3 nitrogen and oxygen atoms in total. The quantitative estimate of drug-likeness (QED) is 0.622. The van der Waals surface area contributed by atoms with Gasteiger partial charge in [0.25, 0.3) is 5.24 Å². The Morgan fingerprint density at radius 1 is 1.53 bits per heavy atom. The predicted octanol–water partition coefficient (Wildman–Crippen LogP) is 3.12. The third-order valence-electron chi connectivity index (χ3n) is 1.27. The Hall–Kier alpha value is -0.820. The number of hydrogen-bond acceptors (Lipinski definition) is 3. The zero-order valence-electron chi connectivity index (χ0n) is 6.81. The summed E-state index contributed by atoms with van der Waals surface area (Å²) in [6, 6.07) is 1.04. The van der Waals surface area contributed by atoms with E-state index in [0.29, 0.717) is 0 Å². The molecule has 0 saturated carbocycles. The number of carbonyl (C=O) groups is 1. The normalized spacial score (nSPS) is 11.3. The maximum Gasteiger partial charge on any atom is 0.573 e. The second-order valence-electron chi connectivity index (χ2n) is 2.32. The maximum atomic E-state index is 11.9. The van der Waals surface area contributed by atoms with Gasteiger partial charge in [0, 0.05) is 0 Å². The molecule has 8 heteroatoms. The summed E-state index contributed by atoms with van der Waals surface area (Å²) in [4.78, 5) is 14.3. The highest BCUT2D eigenvalue weighted by Gasteiger charge is 2.33. The van der Waals surface area contributed by atoms with Crippen molar-refractivity contribution in [2.24, 2.45) is 0 Å². The average Bonchev–Trinajstić information content (AvgIpc) is 2.05. The molecular formula is C7H2BrClF3NO2. The van der Waals surface area contributed by atoms with Crippen molar-refractivity contribution < 1.29 is 22.7 Å². The Balaban J connectivity index is 3.12. The molecule has 0 N–H and O–H groups in total. The summed E-state index contributed by atoms with van der Waals surface area (Å²) < 4.78 is 39.3. The Kier molecular flexibility index (Phi) is 3.56. The summed E-state index contributed by atoms with van der Waals surface area (Å²) in [5, 5.41) is -1.06. The lowest BCUT2D eigenvalue weighted by Gasteiger charge is -2.10. The fraction of sp³-hybridized carbons (Fsp3) is 0.143. The van der Waals surface area contributed by atoms with Crippen LogP contribution in [0.5, 0.6) is 5.75 Å². The van der Waals surface area contributed by atoms with Gasteiger partial charge in [0.1, 0.15) is 4.60 Å². The number of nitrogens with zero attached hydrogens (tertiary/aromatic N) is 1. The Morgan fingerprint density at radius 2 is 2.13 bits per heavy atom. The molecule has 0 fully saturated rings. The van der Waals surface area contributed by atoms with E-state index in [1.165, 1.54) is 0 Å². The number of ether oxygens (including phenoxy) is 1. The lowest BCUT2D eigenvalue weighted by atomic mass is 10.3. The molecule has 15 heavy (non-hydrogen) atoms. The molecule has 0 aliphatic carbocycles. The minimum Gasteiger partial charge on any atom is -0.403 e. The molecule has 0 unspecified atom stereocenters. The van der Waals surface area contributed by atoms with Crippen molar-refractivity contribution in [3.8, 4) is 5.75 Å². The van der Waals surface area contributed by atoms with Crippen molar-refractivity contribution in [3.63, 3.8) is 0 Å². The fourth-order valence-electron chi connectivity index (χ4n) is 0.777. The minimum absolute atomic E-state index is 0.182. The van der Waals surface area contributed by atoms with Crippen LogP contribution in [0.2, 0.25) is 0 Å². The van der Waals surface area contributed by atoms with Gasteiger partial charge in [-0.1, -0.05) is 0 Å². The summed E-state index contributed by atoms with van der Waals surface area (Å²) in [5.41, 5.74) is -0.407. The van der Waals surface area contributed by atoms with E-state index in [0.717, 1.165) is 12.3 Å². The topological polar surface area (TPSA) is 39.2 Å². The smallest absolute Gasteiger partial charge is 0.403 e. The minimum atomic E-state index is -4.89. The molecule has 0 saturated heterocycles. The largest absolute Gasteiger partial charge is 0.573 e. The number of alkyl halides is 3. The fourth-order valence-corrected chi connectivity index (χ4v) is 1.26. The number of pyridine rings is 1. The van der Waals surface area contributed by atoms with Gasteiger partial charge in [-0.15, -0.1) is 13.2 Å². The highest BCUT2D eigenvalue weighted by Crippen LogP contribution is 2.28. The van der Waals surface area contributed by atoms with Gasteiger partial charge in [-0.2, -0.15) is 0 Å². The predicted molar refractivity (Wildman–Crippen MR) is 48.8 cm³/mol. The first-order valence-electron chi connectivity index (χ1n) is 3.41. The summed E-state index contributed by atoms with van der Waals surface area (Å²) in [5.74, 6) is -0.731. The van der Waals surface area contributed by atoms with Gasteiger partial charge in [0.2, 0.25) is 0 Å². The maximum absolute atomic E-state index is 11.9. The average molecular weight is 304 g/mol. The number of rotatable bonds is 2. The van der Waals surface area contributed by atoms with E-state index in [4.69, 9.17) is 11.6 Å². The van der Waals surface area contributed by atoms with Gasteiger partial charge in [0.15, 0.2) is 5.75 Å². The van der Waals surface area contributed by atoms with Crippen LogP contribution in [0.1, 0.15) is 10.4 Å². The van der Waals surface area contributed by atoms with Gasteiger partial charge in [-0.05, 0) is 33.6 Å². The molecule has 0 aliphatic rings. The number of carbonyl (C=O) groups excluding carboxylic acids is 1. The third-order valence-corrected chi connectivity index (χ3v) is 1.91.